The summed E-state index contributed by atoms with van der Waals surface area (Å²) in [6.45, 7) is 5.07. The van der Waals surface area contributed by atoms with Gasteiger partial charge in [-0.1, -0.05) is 39.0 Å². The fraction of sp³-hybridized carbons (Fsp3) is 0.400. The molecule has 21 heavy (non-hydrogen) atoms. The molecule has 2 N–H and O–H groups in total. The number of para-hydroxylation sites is 1. The predicted octanol–water partition coefficient (Wildman–Crippen LogP) is 2.23. The number of rotatable bonds is 5. The van der Waals surface area contributed by atoms with Crippen LogP contribution in [-0.2, 0) is 9.59 Å². The zero-order chi connectivity index (χ0) is 16.0. The molecular weight excluding hydrogens is 274 g/mol. The summed E-state index contributed by atoms with van der Waals surface area (Å²) in [7, 11) is 0. The molecule has 0 aromatic heterocycles. The summed E-state index contributed by atoms with van der Waals surface area (Å²) in [5, 5.41) is 11.3. The summed E-state index contributed by atoms with van der Waals surface area (Å²) in [6.07, 6.45) is -1.20. The van der Waals surface area contributed by atoms with E-state index in [1.54, 1.807) is 51.1 Å². The molecule has 0 spiro atoms. The summed E-state index contributed by atoms with van der Waals surface area (Å²) in [5.74, 6) is -1.24. The minimum absolute atomic E-state index is 0.255. The molecule has 0 radical (unpaired) electrons. The van der Waals surface area contributed by atoms with Crippen molar-refractivity contribution in [3.8, 4) is 5.75 Å². The standard InChI is InChI=1S/C15H19NO5/c1-15(2,3)12(17)9-11(13(18)19)16-14(20)21-10-7-5-4-6-8-10/h4-8,11H,9H2,1-3H3,(H,16,20)(H,18,19). The maximum atomic E-state index is 11.9. The fourth-order valence-electron chi connectivity index (χ4n) is 1.46. The number of Topliss-reactive ketones (excluding diaryl/α,β-unsaturated/α-hetero) is 1. The van der Waals surface area contributed by atoms with Gasteiger partial charge in [0.05, 0.1) is 0 Å². The van der Waals surface area contributed by atoms with Crippen molar-refractivity contribution >= 4 is 17.8 Å². The number of hydrogen-bond donors (Lipinski definition) is 2. The van der Waals surface area contributed by atoms with E-state index in [2.05, 4.69) is 5.32 Å². The van der Waals surface area contributed by atoms with Gasteiger partial charge in [0.2, 0.25) is 0 Å². The van der Waals surface area contributed by atoms with E-state index >= 15 is 0 Å². The van der Waals surface area contributed by atoms with Crippen LogP contribution >= 0.6 is 0 Å². The highest BCUT2D eigenvalue weighted by Gasteiger charge is 2.29. The predicted molar refractivity (Wildman–Crippen MR) is 76.1 cm³/mol. The van der Waals surface area contributed by atoms with Crippen molar-refractivity contribution in [3.05, 3.63) is 30.3 Å². The van der Waals surface area contributed by atoms with Gasteiger partial charge in [0.15, 0.2) is 0 Å². The highest BCUT2D eigenvalue weighted by Crippen LogP contribution is 2.18. The molecule has 0 heterocycles. The number of ketones is 1. The first kappa shape index (κ1) is 16.7. The second kappa shape index (κ2) is 6.88. The third kappa shape index (κ3) is 5.64. The lowest BCUT2D eigenvalue weighted by Crippen LogP contribution is -2.44. The Hall–Kier alpha value is -2.37. The minimum atomic E-state index is -1.31. The van der Waals surface area contributed by atoms with Crippen LogP contribution in [0.3, 0.4) is 0 Å². The maximum Gasteiger partial charge on any atom is 0.413 e. The van der Waals surface area contributed by atoms with E-state index in [9.17, 15) is 14.4 Å². The van der Waals surface area contributed by atoms with Gasteiger partial charge in [0.1, 0.15) is 17.6 Å². The number of carbonyl (C=O) groups excluding carboxylic acids is 2. The largest absolute Gasteiger partial charge is 0.480 e. The SMILES string of the molecule is CC(C)(C)C(=O)CC(NC(=O)Oc1ccccc1)C(=O)O. The first-order chi connectivity index (χ1) is 9.70. The van der Waals surface area contributed by atoms with Crippen LogP contribution in [0.1, 0.15) is 27.2 Å². The van der Waals surface area contributed by atoms with E-state index in [1.807, 2.05) is 0 Å². The Morgan fingerprint density at radius 2 is 1.76 bits per heavy atom. The lowest BCUT2D eigenvalue weighted by atomic mass is 9.87. The molecule has 0 saturated heterocycles. The monoisotopic (exact) mass is 293 g/mol. The van der Waals surface area contributed by atoms with E-state index in [1.165, 1.54) is 0 Å². The number of nitrogens with one attached hydrogen (secondary N) is 1. The van der Waals surface area contributed by atoms with Crippen LogP contribution in [0.2, 0.25) is 0 Å². The van der Waals surface area contributed by atoms with Crippen LogP contribution in [0, 0.1) is 5.41 Å². The zero-order valence-electron chi connectivity index (χ0n) is 12.3. The number of hydrogen-bond acceptors (Lipinski definition) is 4. The van der Waals surface area contributed by atoms with Gasteiger partial charge >= 0.3 is 12.1 Å². The fourth-order valence-corrected chi connectivity index (χ4v) is 1.46. The van der Waals surface area contributed by atoms with Crippen LogP contribution in [0.5, 0.6) is 5.75 Å². The Morgan fingerprint density at radius 1 is 1.19 bits per heavy atom. The maximum absolute atomic E-state index is 11.9. The molecule has 1 amide bonds. The molecule has 0 aliphatic heterocycles. The number of carbonyl (C=O) groups is 3. The van der Waals surface area contributed by atoms with Gasteiger partial charge in [-0.25, -0.2) is 9.59 Å². The van der Waals surface area contributed by atoms with Gasteiger partial charge in [-0.05, 0) is 12.1 Å². The summed E-state index contributed by atoms with van der Waals surface area (Å²) in [6, 6.07) is 6.94. The first-order valence-electron chi connectivity index (χ1n) is 6.49. The van der Waals surface area contributed by atoms with E-state index in [4.69, 9.17) is 9.84 Å². The molecule has 1 aromatic rings. The molecule has 0 fully saturated rings. The van der Waals surface area contributed by atoms with Gasteiger partial charge in [-0.3, -0.25) is 4.79 Å². The Labute approximate surface area is 123 Å². The summed E-state index contributed by atoms with van der Waals surface area (Å²) >= 11 is 0. The van der Waals surface area contributed by atoms with E-state index in [0.717, 1.165) is 0 Å². The summed E-state index contributed by atoms with van der Waals surface area (Å²) < 4.78 is 4.94. The van der Waals surface area contributed by atoms with Crippen molar-refractivity contribution in [1.82, 2.24) is 5.32 Å². The lowest BCUT2D eigenvalue weighted by Gasteiger charge is -2.20. The summed E-state index contributed by atoms with van der Waals surface area (Å²) in [5.41, 5.74) is -0.668. The van der Waals surface area contributed by atoms with Crippen molar-refractivity contribution in [2.45, 2.75) is 33.2 Å². The second-order valence-corrected chi connectivity index (χ2v) is 5.62. The third-order valence-electron chi connectivity index (χ3n) is 2.77. The van der Waals surface area contributed by atoms with E-state index < -0.39 is 23.5 Å². The van der Waals surface area contributed by atoms with Crippen molar-refractivity contribution in [1.29, 1.82) is 0 Å². The molecule has 0 aliphatic carbocycles. The van der Waals surface area contributed by atoms with Crippen LogP contribution in [0.4, 0.5) is 4.79 Å². The Kier molecular flexibility index (Phi) is 5.46. The van der Waals surface area contributed by atoms with Crippen LogP contribution in [0.25, 0.3) is 0 Å². The first-order valence-corrected chi connectivity index (χ1v) is 6.49. The number of amides is 1. The highest BCUT2D eigenvalue weighted by atomic mass is 16.6. The number of carboxylic acid groups (broad SMARTS) is 1. The topological polar surface area (TPSA) is 92.7 Å². The van der Waals surface area contributed by atoms with Crippen molar-refractivity contribution < 1.29 is 24.2 Å². The molecular formula is C15H19NO5. The molecule has 0 saturated carbocycles. The molecule has 1 rings (SSSR count). The van der Waals surface area contributed by atoms with Gasteiger partial charge < -0.3 is 15.2 Å². The molecule has 1 aromatic carbocycles. The zero-order valence-corrected chi connectivity index (χ0v) is 12.3. The average molecular weight is 293 g/mol. The van der Waals surface area contributed by atoms with Crippen LogP contribution in [-0.4, -0.2) is 29.0 Å². The van der Waals surface area contributed by atoms with Gasteiger partial charge in [-0.2, -0.15) is 0 Å². The average Bonchev–Trinajstić information content (AvgIpc) is 2.37. The lowest BCUT2D eigenvalue weighted by molar-refractivity contribution is -0.142. The molecule has 6 nitrogen and oxygen atoms in total. The molecule has 114 valence electrons. The Bertz CT molecular complexity index is 519. The molecule has 1 unspecified atom stereocenters. The summed E-state index contributed by atoms with van der Waals surface area (Å²) in [4.78, 5) is 34.6. The smallest absolute Gasteiger partial charge is 0.413 e. The van der Waals surface area contributed by atoms with Crippen LogP contribution < -0.4 is 10.1 Å². The Morgan fingerprint density at radius 3 is 2.24 bits per heavy atom. The molecule has 6 heteroatoms. The van der Waals surface area contributed by atoms with Gasteiger partial charge in [-0.15, -0.1) is 0 Å². The van der Waals surface area contributed by atoms with Crippen molar-refractivity contribution in [3.63, 3.8) is 0 Å². The Balaban J connectivity index is 2.64. The quantitative estimate of drug-likeness (QED) is 0.868. The number of benzene rings is 1. The number of ether oxygens (including phenoxy) is 1. The van der Waals surface area contributed by atoms with E-state index in [0.29, 0.717) is 5.75 Å². The normalized spacial score (nSPS) is 12.3. The number of aliphatic carboxylic acids is 1. The molecule has 0 bridgehead atoms. The number of carboxylic acids is 1. The van der Waals surface area contributed by atoms with Gasteiger partial charge in [0.25, 0.3) is 0 Å². The molecule has 0 aliphatic rings. The molecule has 1 atom stereocenters. The van der Waals surface area contributed by atoms with Gasteiger partial charge in [0, 0.05) is 11.8 Å². The minimum Gasteiger partial charge on any atom is -0.480 e. The van der Waals surface area contributed by atoms with Crippen molar-refractivity contribution in [2.24, 2.45) is 5.41 Å². The van der Waals surface area contributed by atoms with Crippen LogP contribution in [0.15, 0.2) is 30.3 Å². The van der Waals surface area contributed by atoms with Crippen molar-refractivity contribution in [2.75, 3.05) is 0 Å². The highest BCUT2D eigenvalue weighted by molar-refractivity contribution is 5.90. The van der Waals surface area contributed by atoms with E-state index in [-0.39, 0.29) is 12.2 Å². The second-order valence-electron chi connectivity index (χ2n) is 5.62. The third-order valence-corrected chi connectivity index (χ3v) is 2.77.